The minimum atomic E-state index is -0.0806. The zero-order valence-corrected chi connectivity index (χ0v) is 14.8. The monoisotopic (exact) mass is 337 g/mol. The molecule has 0 aliphatic rings. The Balaban J connectivity index is 1.68. The topological polar surface area (TPSA) is 55.6 Å². The summed E-state index contributed by atoms with van der Waals surface area (Å²) >= 11 is 0. The molecule has 0 saturated heterocycles. The molecule has 1 atom stereocenters. The molecule has 2 heterocycles. The van der Waals surface area contributed by atoms with Gasteiger partial charge in [-0.25, -0.2) is 4.98 Å². The van der Waals surface area contributed by atoms with E-state index in [1.54, 1.807) is 12.1 Å². The van der Waals surface area contributed by atoms with E-state index in [4.69, 9.17) is 4.74 Å². The van der Waals surface area contributed by atoms with Crippen molar-refractivity contribution in [3.8, 4) is 5.75 Å². The molecule has 3 aromatic rings. The number of rotatable bonds is 6. The highest BCUT2D eigenvalue weighted by molar-refractivity contribution is 5.94. The highest BCUT2D eigenvalue weighted by Gasteiger charge is 2.10. The largest absolute Gasteiger partial charge is 0.487 e. The molecular weight excluding hydrogens is 314 g/mol. The lowest BCUT2D eigenvalue weighted by Crippen LogP contribution is -2.31. The Morgan fingerprint density at radius 1 is 1.28 bits per heavy atom. The van der Waals surface area contributed by atoms with Gasteiger partial charge in [-0.2, -0.15) is 0 Å². The molecule has 5 heteroatoms. The lowest BCUT2D eigenvalue weighted by atomic mass is 10.2. The molecule has 130 valence electrons. The van der Waals surface area contributed by atoms with Crippen LogP contribution in [0, 0.1) is 6.92 Å². The number of carbonyl (C=O) groups is 1. The summed E-state index contributed by atoms with van der Waals surface area (Å²) in [6.45, 7) is 6.44. The summed E-state index contributed by atoms with van der Waals surface area (Å²) in [7, 11) is 0. The van der Waals surface area contributed by atoms with Gasteiger partial charge in [0.2, 0.25) is 0 Å². The molecule has 2 aromatic heterocycles. The van der Waals surface area contributed by atoms with Crippen LogP contribution >= 0.6 is 0 Å². The standard InChI is InChI=1S/C20H23N3O2/c1-4-15(3)21-20(24)16-6-5-7-18(10-16)25-13-17-12-23-11-14(2)8-9-19(23)22-17/h5-12,15H,4,13H2,1-3H3,(H,21,24). The molecule has 1 amide bonds. The van der Waals surface area contributed by atoms with Crippen LogP contribution in [0.25, 0.3) is 5.65 Å². The van der Waals surface area contributed by atoms with Crippen LogP contribution in [0.5, 0.6) is 5.75 Å². The van der Waals surface area contributed by atoms with Crippen LogP contribution in [-0.4, -0.2) is 21.3 Å². The van der Waals surface area contributed by atoms with Crippen molar-refractivity contribution in [3.05, 3.63) is 65.6 Å². The number of benzene rings is 1. The molecule has 1 N–H and O–H groups in total. The van der Waals surface area contributed by atoms with Gasteiger partial charge >= 0.3 is 0 Å². The van der Waals surface area contributed by atoms with E-state index in [1.807, 2.05) is 61.8 Å². The molecule has 0 aliphatic heterocycles. The Hall–Kier alpha value is -2.82. The summed E-state index contributed by atoms with van der Waals surface area (Å²) in [6, 6.07) is 11.4. The normalized spacial score (nSPS) is 12.1. The van der Waals surface area contributed by atoms with Crippen LogP contribution in [-0.2, 0) is 6.61 Å². The number of fused-ring (bicyclic) bond motifs is 1. The maximum Gasteiger partial charge on any atom is 0.251 e. The third-order valence-electron chi connectivity index (χ3n) is 4.12. The number of nitrogens with one attached hydrogen (secondary N) is 1. The first-order valence-corrected chi connectivity index (χ1v) is 8.53. The third-order valence-corrected chi connectivity index (χ3v) is 4.12. The predicted molar refractivity (Wildman–Crippen MR) is 97.9 cm³/mol. The van der Waals surface area contributed by atoms with Gasteiger partial charge < -0.3 is 14.5 Å². The lowest BCUT2D eigenvalue weighted by Gasteiger charge is -2.12. The van der Waals surface area contributed by atoms with Crippen LogP contribution in [0.15, 0.2) is 48.8 Å². The van der Waals surface area contributed by atoms with E-state index in [-0.39, 0.29) is 11.9 Å². The molecule has 0 saturated carbocycles. The van der Waals surface area contributed by atoms with E-state index < -0.39 is 0 Å². The fraction of sp³-hybridized carbons (Fsp3) is 0.300. The zero-order valence-electron chi connectivity index (χ0n) is 14.8. The number of ether oxygens (including phenoxy) is 1. The minimum Gasteiger partial charge on any atom is -0.487 e. The molecule has 0 radical (unpaired) electrons. The Labute approximate surface area is 147 Å². The Bertz CT molecular complexity index is 886. The van der Waals surface area contributed by atoms with Gasteiger partial charge in [-0.15, -0.1) is 0 Å². The van der Waals surface area contributed by atoms with Crippen LogP contribution in [0.4, 0.5) is 0 Å². The maximum absolute atomic E-state index is 12.2. The van der Waals surface area contributed by atoms with Crippen molar-refractivity contribution in [2.75, 3.05) is 0 Å². The van der Waals surface area contributed by atoms with E-state index in [0.29, 0.717) is 17.9 Å². The SMILES string of the molecule is CCC(C)NC(=O)c1cccc(OCc2cn3cc(C)ccc3n2)c1. The number of pyridine rings is 1. The first-order valence-electron chi connectivity index (χ1n) is 8.53. The van der Waals surface area contributed by atoms with Crippen LogP contribution in [0.2, 0.25) is 0 Å². The first kappa shape index (κ1) is 17.0. The number of aromatic nitrogens is 2. The fourth-order valence-corrected chi connectivity index (χ4v) is 2.52. The van der Waals surface area contributed by atoms with Crippen molar-refractivity contribution in [1.29, 1.82) is 0 Å². The predicted octanol–water partition coefficient (Wildman–Crippen LogP) is 3.75. The van der Waals surface area contributed by atoms with Gasteiger partial charge in [0, 0.05) is 24.0 Å². The summed E-state index contributed by atoms with van der Waals surface area (Å²) in [5, 5.41) is 2.96. The molecule has 1 aromatic carbocycles. The molecule has 1 unspecified atom stereocenters. The van der Waals surface area contributed by atoms with Crippen molar-refractivity contribution in [2.24, 2.45) is 0 Å². The number of amides is 1. The maximum atomic E-state index is 12.2. The minimum absolute atomic E-state index is 0.0806. The molecule has 0 aliphatic carbocycles. The van der Waals surface area contributed by atoms with Gasteiger partial charge in [-0.05, 0) is 50.1 Å². The van der Waals surface area contributed by atoms with E-state index in [9.17, 15) is 4.79 Å². The number of hydrogen-bond acceptors (Lipinski definition) is 3. The van der Waals surface area contributed by atoms with Crippen LogP contribution in [0.1, 0.15) is 41.9 Å². The van der Waals surface area contributed by atoms with Crippen molar-refractivity contribution in [1.82, 2.24) is 14.7 Å². The summed E-state index contributed by atoms with van der Waals surface area (Å²) in [6.07, 6.45) is 4.89. The van der Waals surface area contributed by atoms with Gasteiger partial charge in [-0.3, -0.25) is 4.79 Å². The van der Waals surface area contributed by atoms with Gasteiger partial charge in [0.25, 0.3) is 5.91 Å². The molecule has 25 heavy (non-hydrogen) atoms. The molecule has 5 nitrogen and oxygen atoms in total. The van der Waals surface area contributed by atoms with Crippen molar-refractivity contribution in [3.63, 3.8) is 0 Å². The Kier molecular flexibility index (Phi) is 5.03. The van der Waals surface area contributed by atoms with E-state index in [0.717, 1.165) is 17.8 Å². The molecule has 0 spiro atoms. The second kappa shape index (κ2) is 7.38. The van der Waals surface area contributed by atoms with Gasteiger partial charge in [0.05, 0.1) is 5.69 Å². The summed E-state index contributed by atoms with van der Waals surface area (Å²) in [5.74, 6) is 0.577. The Morgan fingerprint density at radius 2 is 2.12 bits per heavy atom. The van der Waals surface area contributed by atoms with E-state index in [1.165, 1.54) is 5.56 Å². The van der Waals surface area contributed by atoms with E-state index in [2.05, 4.69) is 10.3 Å². The average Bonchev–Trinajstić information content (AvgIpc) is 3.02. The van der Waals surface area contributed by atoms with Crippen molar-refractivity contribution < 1.29 is 9.53 Å². The van der Waals surface area contributed by atoms with E-state index >= 15 is 0 Å². The second-order valence-corrected chi connectivity index (χ2v) is 6.30. The lowest BCUT2D eigenvalue weighted by molar-refractivity contribution is 0.0939. The van der Waals surface area contributed by atoms with Crippen LogP contribution < -0.4 is 10.1 Å². The second-order valence-electron chi connectivity index (χ2n) is 6.30. The third kappa shape index (κ3) is 4.18. The number of hydrogen-bond donors (Lipinski definition) is 1. The van der Waals surface area contributed by atoms with Gasteiger partial charge in [0.15, 0.2) is 0 Å². The number of carbonyl (C=O) groups excluding carboxylic acids is 1. The van der Waals surface area contributed by atoms with Crippen molar-refractivity contribution in [2.45, 2.75) is 39.8 Å². The van der Waals surface area contributed by atoms with Crippen molar-refractivity contribution >= 4 is 11.6 Å². The highest BCUT2D eigenvalue weighted by atomic mass is 16.5. The number of imidazole rings is 1. The fourth-order valence-electron chi connectivity index (χ4n) is 2.52. The molecule has 0 bridgehead atoms. The Morgan fingerprint density at radius 3 is 2.92 bits per heavy atom. The molecule has 0 fully saturated rings. The highest BCUT2D eigenvalue weighted by Crippen LogP contribution is 2.16. The molecular formula is C20H23N3O2. The number of aryl methyl sites for hydroxylation is 1. The quantitative estimate of drug-likeness (QED) is 0.745. The number of nitrogens with zero attached hydrogens (tertiary/aromatic N) is 2. The zero-order chi connectivity index (χ0) is 17.8. The summed E-state index contributed by atoms with van der Waals surface area (Å²) in [4.78, 5) is 16.7. The summed E-state index contributed by atoms with van der Waals surface area (Å²) < 4.78 is 7.81. The first-order chi connectivity index (χ1) is 12.0. The van der Waals surface area contributed by atoms with Crippen LogP contribution in [0.3, 0.4) is 0 Å². The molecule has 3 rings (SSSR count). The summed E-state index contributed by atoms with van der Waals surface area (Å²) in [5.41, 5.74) is 3.52. The van der Waals surface area contributed by atoms with Gasteiger partial charge in [0.1, 0.15) is 18.0 Å². The average molecular weight is 337 g/mol. The smallest absolute Gasteiger partial charge is 0.251 e. The van der Waals surface area contributed by atoms with Gasteiger partial charge in [-0.1, -0.05) is 19.1 Å².